The van der Waals surface area contributed by atoms with Gasteiger partial charge in [0.2, 0.25) is 5.95 Å². The molecular weight excluding hydrogens is 459 g/mol. The number of rotatable bonds is 5. The van der Waals surface area contributed by atoms with E-state index in [1.807, 2.05) is 30.3 Å². The number of nitrogens with two attached hydrogens (primary N) is 1. The Hall–Kier alpha value is -3.85. The molecule has 9 heteroatoms. The average Bonchev–Trinajstić information content (AvgIpc) is 3.30. The lowest BCUT2D eigenvalue weighted by Crippen LogP contribution is -2.29. The third kappa shape index (κ3) is 5.00. The van der Waals surface area contributed by atoms with Crippen LogP contribution in [0.2, 0.25) is 0 Å². The third-order valence-electron chi connectivity index (χ3n) is 6.07. The van der Waals surface area contributed by atoms with Crippen LogP contribution in [-0.2, 0) is 11.3 Å². The number of ether oxygens (including phenoxy) is 2. The van der Waals surface area contributed by atoms with Crippen LogP contribution in [0.25, 0.3) is 22.0 Å². The number of hydrogen-bond acceptors (Lipinski definition) is 5. The van der Waals surface area contributed by atoms with Gasteiger partial charge in [-0.05, 0) is 53.8 Å². The van der Waals surface area contributed by atoms with Crippen molar-refractivity contribution in [3.8, 4) is 16.9 Å². The van der Waals surface area contributed by atoms with Crippen LogP contribution in [0.3, 0.4) is 0 Å². The van der Waals surface area contributed by atoms with Gasteiger partial charge in [0.1, 0.15) is 5.75 Å². The highest BCUT2D eigenvalue weighted by molar-refractivity contribution is 5.84. The number of alkyl halides is 3. The second kappa shape index (κ2) is 9.07. The fourth-order valence-corrected chi connectivity index (χ4v) is 4.40. The first kappa shape index (κ1) is 22.9. The largest absolute Gasteiger partial charge is 0.573 e. The lowest BCUT2D eigenvalue weighted by Gasteiger charge is -2.17. The molecule has 2 N–H and O–H groups in total. The van der Waals surface area contributed by atoms with Crippen LogP contribution in [0.1, 0.15) is 24.5 Å². The number of aromatic nitrogens is 2. The molecule has 1 aromatic heterocycles. The molecule has 3 aromatic carbocycles. The van der Waals surface area contributed by atoms with E-state index in [-0.39, 0.29) is 29.5 Å². The molecule has 180 valence electrons. The van der Waals surface area contributed by atoms with Crippen molar-refractivity contribution in [3.63, 3.8) is 0 Å². The molecule has 0 amide bonds. The molecule has 1 saturated heterocycles. The summed E-state index contributed by atoms with van der Waals surface area (Å²) in [5, 5.41) is 0.401. The first-order valence-electron chi connectivity index (χ1n) is 11.1. The minimum Gasteiger partial charge on any atom is -0.406 e. The van der Waals surface area contributed by atoms with Gasteiger partial charge in [0, 0.05) is 0 Å². The number of nitrogens with zero attached hydrogens (tertiary/aromatic N) is 2. The molecule has 2 atom stereocenters. The van der Waals surface area contributed by atoms with E-state index in [1.165, 1.54) is 28.8 Å². The van der Waals surface area contributed by atoms with Crippen molar-refractivity contribution in [1.82, 2.24) is 9.55 Å². The van der Waals surface area contributed by atoms with Crippen molar-refractivity contribution in [3.05, 3.63) is 88.7 Å². The predicted molar refractivity (Wildman–Crippen MR) is 126 cm³/mol. The second-order valence-corrected chi connectivity index (χ2v) is 8.42. The molecule has 2 heterocycles. The van der Waals surface area contributed by atoms with E-state index >= 15 is 0 Å². The minimum absolute atomic E-state index is 0.0120. The van der Waals surface area contributed by atoms with Gasteiger partial charge in [0.05, 0.1) is 29.7 Å². The van der Waals surface area contributed by atoms with E-state index in [0.29, 0.717) is 28.6 Å². The summed E-state index contributed by atoms with van der Waals surface area (Å²) >= 11 is 0. The highest BCUT2D eigenvalue weighted by Gasteiger charge is 2.31. The molecule has 0 saturated carbocycles. The molecule has 35 heavy (non-hydrogen) atoms. The van der Waals surface area contributed by atoms with Gasteiger partial charge in [-0.15, -0.1) is 13.2 Å². The van der Waals surface area contributed by atoms with E-state index in [2.05, 4.69) is 9.72 Å². The highest BCUT2D eigenvalue weighted by Crippen LogP contribution is 2.33. The maximum absolute atomic E-state index is 13.2. The summed E-state index contributed by atoms with van der Waals surface area (Å²) in [4.78, 5) is 17.6. The maximum Gasteiger partial charge on any atom is 0.573 e. The Morgan fingerprint density at radius 1 is 1.00 bits per heavy atom. The molecule has 0 bridgehead atoms. The molecule has 6 nitrogen and oxygen atoms in total. The molecule has 4 aromatic rings. The summed E-state index contributed by atoms with van der Waals surface area (Å²) in [5.41, 5.74) is 8.74. The summed E-state index contributed by atoms with van der Waals surface area (Å²) in [6, 6.07) is 20.5. The zero-order valence-electron chi connectivity index (χ0n) is 18.5. The van der Waals surface area contributed by atoms with Crippen molar-refractivity contribution < 1.29 is 22.6 Å². The van der Waals surface area contributed by atoms with Gasteiger partial charge in [-0.25, -0.2) is 4.98 Å². The molecule has 1 unspecified atom stereocenters. The van der Waals surface area contributed by atoms with Crippen molar-refractivity contribution in [2.75, 3.05) is 5.73 Å². The Labute approximate surface area is 198 Å². The molecule has 1 fully saturated rings. The lowest BCUT2D eigenvalue weighted by atomic mass is 10.0. The van der Waals surface area contributed by atoms with Crippen molar-refractivity contribution >= 4 is 16.9 Å². The van der Waals surface area contributed by atoms with Gasteiger partial charge in [-0.3, -0.25) is 9.36 Å². The molecule has 0 radical (unpaired) electrons. The van der Waals surface area contributed by atoms with Crippen LogP contribution in [0.5, 0.6) is 5.75 Å². The van der Waals surface area contributed by atoms with E-state index < -0.39 is 6.36 Å². The van der Waals surface area contributed by atoms with E-state index in [1.54, 1.807) is 18.2 Å². The second-order valence-electron chi connectivity index (χ2n) is 8.42. The van der Waals surface area contributed by atoms with Crippen LogP contribution in [0.15, 0.2) is 77.6 Å². The average molecular weight is 481 g/mol. The Balaban J connectivity index is 1.37. The monoisotopic (exact) mass is 481 g/mol. The highest BCUT2D eigenvalue weighted by atomic mass is 19.4. The Kier molecular flexibility index (Phi) is 5.94. The summed E-state index contributed by atoms with van der Waals surface area (Å²) in [7, 11) is 0. The van der Waals surface area contributed by atoms with Crippen LogP contribution in [0, 0.1) is 0 Å². The van der Waals surface area contributed by atoms with Gasteiger partial charge in [-0.2, -0.15) is 0 Å². The molecular formula is C26H22F3N3O3. The van der Waals surface area contributed by atoms with E-state index in [4.69, 9.17) is 10.5 Å². The van der Waals surface area contributed by atoms with Gasteiger partial charge < -0.3 is 15.2 Å². The first-order chi connectivity index (χ1) is 16.8. The van der Waals surface area contributed by atoms with E-state index in [9.17, 15) is 18.0 Å². The van der Waals surface area contributed by atoms with Gasteiger partial charge in [0.15, 0.2) is 0 Å². The minimum atomic E-state index is -4.75. The van der Waals surface area contributed by atoms with E-state index in [0.717, 1.165) is 18.4 Å². The van der Waals surface area contributed by atoms with Gasteiger partial charge >= 0.3 is 6.36 Å². The fraction of sp³-hybridized carbons (Fsp3) is 0.231. The van der Waals surface area contributed by atoms with Crippen molar-refractivity contribution in [2.45, 2.75) is 38.0 Å². The molecule has 0 aliphatic carbocycles. The molecule has 5 rings (SSSR count). The SMILES string of the molecule is Nc1nc2cc(-c3ccc(OC(F)(F)F)cc3)ccc2c(=O)n1C[C@H]1CCC(c2ccccc2)O1. The van der Waals surface area contributed by atoms with Gasteiger partial charge in [0.25, 0.3) is 5.56 Å². The van der Waals surface area contributed by atoms with Crippen LogP contribution in [-0.4, -0.2) is 22.0 Å². The Morgan fingerprint density at radius 3 is 2.43 bits per heavy atom. The first-order valence-corrected chi connectivity index (χ1v) is 11.1. The number of halogens is 3. The normalized spacial score (nSPS) is 18.1. The molecule has 1 aliphatic rings. The number of nitrogen functional groups attached to an aromatic ring is 1. The Bertz CT molecular complexity index is 1400. The quantitative estimate of drug-likeness (QED) is 0.409. The molecule has 0 spiro atoms. The third-order valence-corrected chi connectivity index (χ3v) is 6.07. The van der Waals surface area contributed by atoms with Crippen molar-refractivity contribution in [1.29, 1.82) is 0 Å². The lowest BCUT2D eigenvalue weighted by molar-refractivity contribution is -0.274. The number of anilines is 1. The van der Waals surface area contributed by atoms with Crippen LogP contribution in [0.4, 0.5) is 19.1 Å². The maximum atomic E-state index is 13.2. The van der Waals surface area contributed by atoms with Crippen LogP contribution < -0.4 is 16.0 Å². The number of hydrogen-bond donors (Lipinski definition) is 1. The zero-order chi connectivity index (χ0) is 24.6. The standard InChI is InChI=1S/C26H22F3N3O3/c27-26(28,29)35-19-9-6-16(7-10-19)18-8-12-21-22(14-18)31-25(30)32(24(21)33)15-20-11-13-23(34-20)17-4-2-1-3-5-17/h1-10,12,14,20,23H,11,13,15H2,(H2,30,31)/t20-,23?/m1/s1. The summed E-state index contributed by atoms with van der Waals surface area (Å²) < 4.78 is 48.7. The summed E-state index contributed by atoms with van der Waals surface area (Å²) in [6.07, 6.45) is -3.26. The predicted octanol–water partition coefficient (Wildman–Crippen LogP) is 5.46. The Morgan fingerprint density at radius 2 is 1.71 bits per heavy atom. The topological polar surface area (TPSA) is 79.4 Å². The number of benzene rings is 3. The summed E-state index contributed by atoms with van der Waals surface area (Å²) in [5.74, 6) is -0.226. The number of fused-ring (bicyclic) bond motifs is 1. The zero-order valence-corrected chi connectivity index (χ0v) is 18.5. The molecule has 1 aliphatic heterocycles. The van der Waals surface area contributed by atoms with Crippen LogP contribution >= 0.6 is 0 Å². The smallest absolute Gasteiger partial charge is 0.406 e. The summed E-state index contributed by atoms with van der Waals surface area (Å²) in [6.45, 7) is 0.305. The fourth-order valence-electron chi connectivity index (χ4n) is 4.40. The van der Waals surface area contributed by atoms with Crippen molar-refractivity contribution in [2.24, 2.45) is 0 Å². The van der Waals surface area contributed by atoms with Gasteiger partial charge in [-0.1, -0.05) is 48.5 Å².